The van der Waals surface area contributed by atoms with Crippen molar-refractivity contribution in [3.63, 3.8) is 0 Å². The van der Waals surface area contributed by atoms with E-state index in [4.69, 9.17) is 17.3 Å². The van der Waals surface area contributed by atoms with Gasteiger partial charge in [0.2, 0.25) is 0 Å². The van der Waals surface area contributed by atoms with Crippen molar-refractivity contribution in [2.45, 2.75) is 0 Å². The fraction of sp³-hybridized carbons (Fsp3) is 0.0667. The van der Waals surface area contributed by atoms with Gasteiger partial charge in [-0.05, 0) is 35.9 Å². The third-order valence-corrected chi connectivity index (χ3v) is 3.56. The minimum atomic E-state index is -0.391. The second kappa shape index (κ2) is 5.18. The van der Waals surface area contributed by atoms with Gasteiger partial charge in [0.15, 0.2) is 0 Å². The molecule has 0 saturated heterocycles. The van der Waals surface area contributed by atoms with Crippen molar-refractivity contribution in [1.82, 2.24) is 14.8 Å². The number of anilines is 1. The van der Waals surface area contributed by atoms with E-state index in [9.17, 15) is 4.39 Å². The molecule has 2 heterocycles. The van der Waals surface area contributed by atoms with Crippen molar-refractivity contribution >= 4 is 17.4 Å². The smallest absolute Gasteiger partial charge is 0.129 e. The van der Waals surface area contributed by atoms with E-state index in [1.165, 1.54) is 12.1 Å². The van der Waals surface area contributed by atoms with Gasteiger partial charge in [-0.3, -0.25) is 9.67 Å². The summed E-state index contributed by atoms with van der Waals surface area (Å²) in [4.78, 5) is 4.00. The highest BCUT2D eigenvalue weighted by molar-refractivity contribution is 6.33. The molecular formula is C15H12ClFN4. The molecule has 0 bridgehead atoms. The predicted octanol–water partition coefficient (Wildman–Crippen LogP) is 3.52. The van der Waals surface area contributed by atoms with E-state index in [2.05, 4.69) is 10.1 Å². The number of nitrogens with zero attached hydrogens (tertiary/aromatic N) is 3. The minimum Gasteiger partial charge on any atom is -0.383 e. The van der Waals surface area contributed by atoms with E-state index in [1.807, 2.05) is 12.1 Å². The quantitative estimate of drug-likeness (QED) is 0.788. The molecule has 21 heavy (non-hydrogen) atoms. The number of aromatic nitrogens is 3. The van der Waals surface area contributed by atoms with Crippen molar-refractivity contribution in [1.29, 1.82) is 0 Å². The first-order valence-electron chi connectivity index (χ1n) is 6.26. The summed E-state index contributed by atoms with van der Waals surface area (Å²) in [6, 6.07) is 7.90. The Balaban J connectivity index is 2.27. The Kier molecular flexibility index (Phi) is 3.35. The molecule has 0 spiro atoms. The van der Waals surface area contributed by atoms with E-state index in [0.717, 1.165) is 11.1 Å². The molecule has 2 aromatic heterocycles. The lowest BCUT2D eigenvalue weighted by atomic mass is 10.0. The number of rotatable bonds is 2. The summed E-state index contributed by atoms with van der Waals surface area (Å²) < 4.78 is 14.8. The molecule has 4 nitrogen and oxygen atoms in total. The van der Waals surface area contributed by atoms with Crippen molar-refractivity contribution in [3.8, 4) is 22.4 Å². The van der Waals surface area contributed by atoms with Gasteiger partial charge in [0, 0.05) is 25.0 Å². The highest BCUT2D eigenvalue weighted by atomic mass is 35.5. The van der Waals surface area contributed by atoms with E-state index in [1.54, 1.807) is 30.2 Å². The van der Waals surface area contributed by atoms with Crippen LogP contribution in [-0.2, 0) is 7.05 Å². The summed E-state index contributed by atoms with van der Waals surface area (Å²) in [5.74, 6) is 0.120. The first-order valence-corrected chi connectivity index (χ1v) is 6.64. The summed E-state index contributed by atoms with van der Waals surface area (Å²) in [5, 5.41) is 4.71. The van der Waals surface area contributed by atoms with Gasteiger partial charge in [0.05, 0.1) is 10.6 Å². The van der Waals surface area contributed by atoms with Crippen molar-refractivity contribution in [3.05, 3.63) is 53.6 Å². The summed E-state index contributed by atoms with van der Waals surface area (Å²) in [6.45, 7) is 0. The average molecular weight is 303 g/mol. The highest BCUT2D eigenvalue weighted by Crippen LogP contribution is 2.38. The van der Waals surface area contributed by atoms with Gasteiger partial charge >= 0.3 is 0 Å². The number of benzene rings is 1. The number of hydrogen-bond donors (Lipinski definition) is 1. The Labute approximate surface area is 126 Å². The first-order chi connectivity index (χ1) is 10.1. The van der Waals surface area contributed by atoms with E-state index in [-0.39, 0.29) is 0 Å². The maximum atomic E-state index is 13.2. The van der Waals surface area contributed by atoms with E-state index >= 15 is 0 Å². The largest absolute Gasteiger partial charge is 0.383 e. The van der Waals surface area contributed by atoms with Crippen molar-refractivity contribution < 1.29 is 4.39 Å². The monoisotopic (exact) mass is 302 g/mol. The molecule has 2 N–H and O–H groups in total. The Bertz CT molecular complexity index is 799. The summed E-state index contributed by atoms with van der Waals surface area (Å²) in [6.07, 6.45) is 3.36. The van der Waals surface area contributed by atoms with Gasteiger partial charge in [-0.1, -0.05) is 11.6 Å². The van der Waals surface area contributed by atoms with Crippen LogP contribution in [0, 0.1) is 5.82 Å². The SMILES string of the molecule is Cn1nc(-c2ccc(F)cc2Cl)c(-c2ccncc2)c1N. The Hall–Kier alpha value is -2.40. The second-order valence-electron chi connectivity index (χ2n) is 4.59. The molecule has 0 atom stereocenters. The number of pyridine rings is 1. The molecule has 6 heteroatoms. The van der Waals surface area contributed by atoms with Gasteiger partial charge in [0.25, 0.3) is 0 Å². The zero-order valence-electron chi connectivity index (χ0n) is 11.2. The molecule has 106 valence electrons. The Morgan fingerprint density at radius 3 is 2.57 bits per heavy atom. The topological polar surface area (TPSA) is 56.7 Å². The zero-order valence-corrected chi connectivity index (χ0v) is 12.0. The zero-order chi connectivity index (χ0) is 15.0. The standard InChI is InChI=1S/C15H12ClFN4/c1-21-15(18)13(9-4-6-19-7-5-9)14(20-21)11-3-2-10(17)8-12(11)16/h2-8H,18H2,1H3. The molecule has 1 aromatic carbocycles. The molecule has 0 unspecified atom stereocenters. The number of nitrogen functional groups attached to an aromatic ring is 1. The van der Waals surface area contributed by atoms with Gasteiger partial charge in [0.1, 0.15) is 17.3 Å². The molecule has 0 aliphatic heterocycles. The van der Waals surface area contributed by atoms with Crippen LogP contribution in [0.4, 0.5) is 10.2 Å². The van der Waals surface area contributed by atoms with Gasteiger partial charge in [-0.2, -0.15) is 5.10 Å². The minimum absolute atomic E-state index is 0.295. The van der Waals surface area contributed by atoms with Crippen LogP contribution in [0.5, 0.6) is 0 Å². The van der Waals surface area contributed by atoms with Crippen molar-refractivity contribution in [2.75, 3.05) is 5.73 Å². The molecule has 0 saturated carbocycles. The molecule has 0 aliphatic rings. The van der Waals surface area contributed by atoms with Crippen LogP contribution in [0.3, 0.4) is 0 Å². The molecular weight excluding hydrogens is 291 g/mol. The lowest BCUT2D eigenvalue weighted by Crippen LogP contribution is -1.97. The van der Waals surface area contributed by atoms with Crippen LogP contribution in [0.2, 0.25) is 5.02 Å². The summed E-state index contributed by atoms with van der Waals surface area (Å²) >= 11 is 6.14. The molecule has 3 aromatic rings. The van der Waals surface area contributed by atoms with Gasteiger partial charge in [-0.15, -0.1) is 0 Å². The lowest BCUT2D eigenvalue weighted by molar-refractivity contribution is 0.628. The number of aryl methyl sites for hydroxylation is 1. The fourth-order valence-electron chi connectivity index (χ4n) is 2.21. The summed E-state index contributed by atoms with van der Waals surface area (Å²) in [5.41, 5.74) is 9.01. The Morgan fingerprint density at radius 1 is 1.19 bits per heavy atom. The Morgan fingerprint density at radius 2 is 1.90 bits per heavy atom. The maximum Gasteiger partial charge on any atom is 0.129 e. The van der Waals surface area contributed by atoms with Crippen LogP contribution >= 0.6 is 11.6 Å². The fourth-order valence-corrected chi connectivity index (χ4v) is 2.47. The summed E-state index contributed by atoms with van der Waals surface area (Å²) in [7, 11) is 1.75. The molecule has 0 aliphatic carbocycles. The molecule has 0 fully saturated rings. The van der Waals surface area contributed by atoms with E-state index < -0.39 is 5.82 Å². The molecule has 0 amide bonds. The normalized spacial score (nSPS) is 10.8. The number of nitrogens with two attached hydrogens (primary N) is 1. The van der Waals surface area contributed by atoms with Crippen LogP contribution in [-0.4, -0.2) is 14.8 Å². The number of halogens is 2. The third kappa shape index (κ3) is 2.36. The van der Waals surface area contributed by atoms with Crippen LogP contribution < -0.4 is 5.73 Å². The number of hydrogen-bond acceptors (Lipinski definition) is 3. The van der Waals surface area contributed by atoms with Gasteiger partial charge < -0.3 is 5.73 Å². The van der Waals surface area contributed by atoms with Crippen molar-refractivity contribution in [2.24, 2.45) is 7.05 Å². The molecule has 0 radical (unpaired) electrons. The first kappa shape index (κ1) is 13.6. The average Bonchev–Trinajstić information content (AvgIpc) is 2.75. The maximum absolute atomic E-state index is 13.2. The van der Waals surface area contributed by atoms with Crippen LogP contribution in [0.25, 0.3) is 22.4 Å². The van der Waals surface area contributed by atoms with Crippen LogP contribution in [0.1, 0.15) is 0 Å². The third-order valence-electron chi connectivity index (χ3n) is 3.25. The van der Waals surface area contributed by atoms with Crippen LogP contribution in [0.15, 0.2) is 42.7 Å². The predicted molar refractivity (Wildman–Crippen MR) is 81.3 cm³/mol. The second-order valence-corrected chi connectivity index (χ2v) is 5.00. The highest BCUT2D eigenvalue weighted by Gasteiger charge is 2.19. The molecule has 3 rings (SSSR count). The van der Waals surface area contributed by atoms with E-state index in [0.29, 0.717) is 22.1 Å². The lowest BCUT2D eigenvalue weighted by Gasteiger charge is -2.06. The van der Waals surface area contributed by atoms with Gasteiger partial charge in [-0.25, -0.2) is 4.39 Å².